The molecular weight excluding hydrogens is 240 g/mol. The van der Waals surface area contributed by atoms with Crippen molar-refractivity contribution in [1.29, 1.82) is 0 Å². The molecule has 19 heavy (non-hydrogen) atoms. The fraction of sp³-hybridized carbons (Fsp3) is 0. The van der Waals surface area contributed by atoms with Gasteiger partial charge in [0.2, 0.25) is 0 Å². The Balaban J connectivity index is 1.93. The van der Waals surface area contributed by atoms with Crippen LogP contribution >= 0.6 is 0 Å². The number of oxazole rings is 1. The molecule has 2 N–H and O–H groups in total. The molecule has 0 aliphatic rings. The molecule has 2 heterocycles. The minimum absolute atomic E-state index is 0.469. The summed E-state index contributed by atoms with van der Waals surface area (Å²) < 4.78 is 11.4. The van der Waals surface area contributed by atoms with E-state index in [1.807, 2.05) is 36.4 Å². The van der Waals surface area contributed by atoms with E-state index in [1.165, 1.54) is 0 Å². The van der Waals surface area contributed by atoms with Crippen LogP contribution in [0.25, 0.3) is 33.7 Å². The Morgan fingerprint density at radius 1 is 0.895 bits per heavy atom. The van der Waals surface area contributed by atoms with Gasteiger partial charge in [-0.05, 0) is 24.3 Å². The Morgan fingerprint density at radius 2 is 1.79 bits per heavy atom. The standard InChI is InChI=1S/C15H10N2O2/c16-10-5-6-11-13(8-10)19-15(17-11)14-7-9-3-1-2-4-12(9)18-14/h1-8H,16H2. The topological polar surface area (TPSA) is 65.2 Å². The van der Waals surface area contributed by atoms with E-state index in [-0.39, 0.29) is 0 Å². The summed E-state index contributed by atoms with van der Waals surface area (Å²) in [5.74, 6) is 1.09. The number of benzene rings is 2. The Hall–Kier alpha value is -2.75. The fourth-order valence-corrected chi connectivity index (χ4v) is 2.13. The van der Waals surface area contributed by atoms with Gasteiger partial charge in [-0.2, -0.15) is 0 Å². The van der Waals surface area contributed by atoms with Gasteiger partial charge in [0.05, 0.1) is 0 Å². The second kappa shape index (κ2) is 3.62. The third-order valence-electron chi connectivity index (χ3n) is 3.05. The Labute approximate surface area is 108 Å². The highest BCUT2D eigenvalue weighted by Crippen LogP contribution is 2.30. The van der Waals surface area contributed by atoms with E-state index in [1.54, 1.807) is 12.1 Å². The number of nitrogens with zero attached hydrogens (tertiary/aromatic N) is 1. The molecule has 0 aliphatic carbocycles. The lowest BCUT2D eigenvalue weighted by atomic mass is 10.2. The monoisotopic (exact) mass is 250 g/mol. The van der Waals surface area contributed by atoms with E-state index >= 15 is 0 Å². The molecule has 0 spiro atoms. The number of nitrogens with two attached hydrogens (primary N) is 1. The van der Waals surface area contributed by atoms with Gasteiger partial charge in [0.1, 0.15) is 11.1 Å². The van der Waals surface area contributed by atoms with Crippen LogP contribution in [-0.2, 0) is 0 Å². The maximum atomic E-state index is 5.73. The summed E-state index contributed by atoms with van der Waals surface area (Å²) in [5.41, 5.74) is 8.62. The number of aromatic nitrogens is 1. The second-order valence-corrected chi connectivity index (χ2v) is 4.39. The largest absolute Gasteiger partial charge is 0.451 e. The number of rotatable bonds is 1. The number of anilines is 1. The van der Waals surface area contributed by atoms with Crippen molar-refractivity contribution in [2.75, 3.05) is 5.73 Å². The van der Waals surface area contributed by atoms with Crippen molar-refractivity contribution in [3.63, 3.8) is 0 Å². The maximum Gasteiger partial charge on any atom is 0.263 e. The summed E-state index contributed by atoms with van der Waals surface area (Å²) in [6.45, 7) is 0. The van der Waals surface area contributed by atoms with Gasteiger partial charge in [0.25, 0.3) is 5.89 Å². The van der Waals surface area contributed by atoms with Crippen LogP contribution in [0.3, 0.4) is 0 Å². The van der Waals surface area contributed by atoms with Crippen LogP contribution in [-0.4, -0.2) is 4.98 Å². The molecule has 0 saturated carbocycles. The zero-order valence-corrected chi connectivity index (χ0v) is 9.96. The van der Waals surface area contributed by atoms with E-state index in [2.05, 4.69) is 4.98 Å². The van der Waals surface area contributed by atoms with Crippen molar-refractivity contribution in [1.82, 2.24) is 4.98 Å². The predicted molar refractivity (Wildman–Crippen MR) is 73.6 cm³/mol. The smallest absolute Gasteiger partial charge is 0.263 e. The zero-order valence-electron chi connectivity index (χ0n) is 9.96. The van der Waals surface area contributed by atoms with Gasteiger partial charge in [0, 0.05) is 17.1 Å². The molecule has 0 amide bonds. The summed E-state index contributed by atoms with van der Waals surface area (Å²) in [4.78, 5) is 4.40. The number of furan rings is 1. The molecule has 4 heteroatoms. The summed E-state index contributed by atoms with van der Waals surface area (Å²) in [5, 5.41) is 1.03. The predicted octanol–water partition coefficient (Wildman–Crippen LogP) is 3.82. The van der Waals surface area contributed by atoms with Crippen molar-refractivity contribution in [2.45, 2.75) is 0 Å². The number of hydrogen-bond acceptors (Lipinski definition) is 4. The van der Waals surface area contributed by atoms with Crippen molar-refractivity contribution < 1.29 is 8.83 Å². The van der Waals surface area contributed by atoms with Crippen molar-refractivity contribution in [2.24, 2.45) is 0 Å². The van der Waals surface area contributed by atoms with Gasteiger partial charge in [-0.25, -0.2) is 4.98 Å². The van der Waals surface area contributed by atoms with Crippen LogP contribution < -0.4 is 5.73 Å². The Bertz CT molecular complexity index is 856. The van der Waals surface area contributed by atoms with Gasteiger partial charge in [0.15, 0.2) is 11.3 Å². The summed E-state index contributed by atoms with van der Waals surface area (Å²) in [6.07, 6.45) is 0. The van der Waals surface area contributed by atoms with E-state index in [9.17, 15) is 0 Å². The third kappa shape index (κ3) is 1.57. The third-order valence-corrected chi connectivity index (χ3v) is 3.05. The summed E-state index contributed by atoms with van der Waals surface area (Å²) >= 11 is 0. The van der Waals surface area contributed by atoms with Crippen LogP contribution in [0.5, 0.6) is 0 Å². The maximum absolute atomic E-state index is 5.73. The summed E-state index contributed by atoms with van der Waals surface area (Å²) in [6, 6.07) is 15.1. The highest BCUT2D eigenvalue weighted by atomic mass is 16.4. The van der Waals surface area contributed by atoms with Crippen LogP contribution in [0.2, 0.25) is 0 Å². The van der Waals surface area contributed by atoms with Gasteiger partial charge in [-0.15, -0.1) is 0 Å². The fourth-order valence-electron chi connectivity index (χ4n) is 2.13. The average molecular weight is 250 g/mol. The van der Waals surface area contributed by atoms with Crippen molar-refractivity contribution >= 4 is 27.8 Å². The minimum Gasteiger partial charge on any atom is -0.451 e. The van der Waals surface area contributed by atoms with Crippen LogP contribution in [0.1, 0.15) is 0 Å². The first kappa shape index (κ1) is 10.2. The van der Waals surface area contributed by atoms with E-state index in [0.29, 0.717) is 22.9 Å². The lowest BCUT2D eigenvalue weighted by Gasteiger charge is -1.88. The van der Waals surface area contributed by atoms with Gasteiger partial charge < -0.3 is 14.6 Å². The molecule has 2 aromatic carbocycles. The molecule has 0 unspecified atom stereocenters. The molecule has 0 bridgehead atoms. The molecule has 0 radical (unpaired) electrons. The average Bonchev–Trinajstić information content (AvgIpc) is 3.00. The number of fused-ring (bicyclic) bond motifs is 2. The normalized spacial score (nSPS) is 11.4. The summed E-state index contributed by atoms with van der Waals surface area (Å²) in [7, 11) is 0. The highest BCUT2D eigenvalue weighted by Gasteiger charge is 2.13. The highest BCUT2D eigenvalue weighted by molar-refractivity contribution is 5.83. The number of hydrogen-bond donors (Lipinski definition) is 1. The van der Waals surface area contributed by atoms with Crippen LogP contribution in [0, 0.1) is 0 Å². The van der Waals surface area contributed by atoms with Crippen molar-refractivity contribution in [3.8, 4) is 11.7 Å². The van der Waals surface area contributed by atoms with E-state index < -0.39 is 0 Å². The molecule has 92 valence electrons. The zero-order chi connectivity index (χ0) is 12.8. The number of para-hydroxylation sites is 1. The SMILES string of the molecule is Nc1ccc2nc(-c3cc4ccccc4o3)oc2c1. The molecule has 0 atom stereocenters. The second-order valence-electron chi connectivity index (χ2n) is 4.39. The molecular formula is C15H10N2O2. The first-order valence-corrected chi connectivity index (χ1v) is 5.95. The molecule has 0 fully saturated rings. The quantitative estimate of drug-likeness (QED) is 0.521. The molecule has 4 aromatic rings. The van der Waals surface area contributed by atoms with Crippen molar-refractivity contribution in [3.05, 3.63) is 48.5 Å². The molecule has 0 saturated heterocycles. The Morgan fingerprint density at radius 3 is 2.68 bits per heavy atom. The van der Waals surface area contributed by atoms with Gasteiger partial charge in [-0.1, -0.05) is 18.2 Å². The van der Waals surface area contributed by atoms with E-state index in [0.717, 1.165) is 16.5 Å². The molecule has 4 nitrogen and oxygen atoms in total. The van der Waals surface area contributed by atoms with Gasteiger partial charge in [-0.3, -0.25) is 0 Å². The van der Waals surface area contributed by atoms with Crippen LogP contribution in [0.15, 0.2) is 57.4 Å². The van der Waals surface area contributed by atoms with E-state index in [4.69, 9.17) is 14.6 Å². The minimum atomic E-state index is 0.469. The van der Waals surface area contributed by atoms with Crippen LogP contribution in [0.4, 0.5) is 5.69 Å². The lowest BCUT2D eigenvalue weighted by Crippen LogP contribution is -1.81. The molecule has 2 aromatic heterocycles. The number of nitrogen functional groups attached to an aromatic ring is 1. The lowest BCUT2D eigenvalue weighted by molar-refractivity contribution is 0.559. The van der Waals surface area contributed by atoms with Gasteiger partial charge >= 0.3 is 0 Å². The first-order valence-electron chi connectivity index (χ1n) is 5.95. The molecule has 4 rings (SSSR count). The first-order chi connectivity index (χ1) is 9.29. The Kier molecular flexibility index (Phi) is 1.94. The molecule has 0 aliphatic heterocycles.